The number of hydrogen-bond donors (Lipinski definition) is 0. The Kier molecular flexibility index (Phi) is 10.4. The summed E-state index contributed by atoms with van der Waals surface area (Å²) in [5, 5.41) is 0. The van der Waals surface area contributed by atoms with Crippen molar-refractivity contribution >= 4 is 17.7 Å². The molecule has 41 heavy (non-hydrogen) atoms. The van der Waals surface area contributed by atoms with E-state index in [0.29, 0.717) is 25.7 Å². The summed E-state index contributed by atoms with van der Waals surface area (Å²) in [4.78, 5) is 17.7. The minimum absolute atomic E-state index is 0.0802. The maximum absolute atomic E-state index is 12.0. The van der Waals surface area contributed by atoms with Gasteiger partial charge in [0, 0.05) is 34.8 Å². The van der Waals surface area contributed by atoms with Gasteiger partial charge in [-0.15, -0.1) is 11.8 Å². The summed E-state index contributed by atoms with van der Waals surface area (Å²) in [5.41, 5.74) is 5.65. The highest BCUT2D eigenvalue weighted by atomic mass is 32.2. The van der Waals surface area contributed by atoms with E-state index in [1.807, 2.05) is 18.5 Å². The zero-order chi connectivity index (χ0) is 28.5. The molecule has 2 aliphatic rings. The van der Waals surface area contributed by atoms with E-state index in [1.54, 1.807) is 11.8 Å². The van der Waals surface area contributed by atoms with Gasteiger partial charge in [0.15, 0.2) is 0 Å². The first kappa shape index (κ1) is 29.7. The third-order valence-electron chi connectivity index (χ3n) is 7.88. The third-order valence-corrected chi connectivity index (χ3v) is 8.96. The fraction of sp³-hybridized carbons (Fsp3) is 0.486. The molecule has 0 spiro atoms. The summed E-state index contributed by atoms with van der Waals surface area (Å²) in [6.45, 7) is 5.46. The van der Waals surface area contributed by atoms with Crippen molar-refractivity contribution in [2.24, 2.45) is 0 Å². The van der Waals surface area contributed by atoms with Gasteiger partial charge in [0.2, 0.25) is 0 Å². The summed E-state index contributed by atoms with van der Waals surface area (Å²) in [5.74, 6) is 1.76. The van der Waals surface area contributed by atoms with E-state index in [2.05, 4.69) is 61.3 Å². The number of ether oxygens (including phenoxy) is 3. The number of aromatic nitrogens is 1. The number of unbranched alkanes of at least 4 members (excludes halogenated alkanes) is 2. The Hall–Kier alpha value is -2.83. The van der Waals surface area contributed by atoms with Crippen LogP contribution in [0.1, 0.15) is 88.3 Å². The molecule has 0 unspecified atom stereocenters. The molecule has 0 bridgehead atoms. The fourth-order valence-corrected chi connectivity index (χ4v) is 6.07. The zero-order valence-corrected chi connectivity index (χ0v) is 25.3. The van der Waals surface area contributed by atoms with Gasteiger partial charge in [0.1, 0.15) is 5.75 Å². The van der Waals surface area contributed by atoms with Gasteiger partial charge in [-0.25, -0.2) is 0 Å². The number of aryl methyl sites for hydroxylation is 1. The summed E-state index contributed by atoms with van der Waals surface area (Å²) >= 11 is 1.80. The van der Waals surface area contributed by atoms with Gasteiger partial charge in [-0.1, -0.05) is 51.0 Å². The van der Waals surface area contributed by atoms with Gasteiger partial charge >= 0.3 is 5.97 Å². The SMILES string of the molecule is CCCCCOC(=O)CCCSc1ccc(CC)c(COC2(c3cnccc3-c3ccccc3OC3CC3)CC2)c1. The van der Waals surface area contributed by atoms with E-state index in [0.717, 1.165) is 86.0 Å². The summed E-state index contributed by atoms with van der Waals surface area (Å²) in [7, 11) is 0. The number of esters is 1. The number of rotatable bonds is 17. The molecule has 5 nitrogen and oxygen atoms in total. The van der Waals surface area contributed by atoms with Crippen LogP contribution in [-0.2, 0) is 32.9 Å². The van der Waals surface area contributed by atoms with Crippen LogP contribution >= 0.6 is 11.8 Å². The molecule has 6 heteroatoms. The van der Waals surface area contributed by atoms with Gasteiger partial charge in [-0.3, -0.25) is 9.78 Å². The van der Waals surface area contributed by atoms with Gasteiger partial charge in [-0.2, -0.15) is 0 Å². The van der Waals surface area contributed by atoms with Crippen molar-refractivity contribution in [3.05, 3.63) is 77.6 Å². The maximum Gasteiger partial charge on any atom is 0.305 e. The number of thioether (sulfide) groups is 1. The van der Waals surface area contributed by atoms with Crippen LogP contribution in [0.5, 0.6) is 5.75 Å². The first-order valence-corrected chi connectivity index (χ1v) is 16.3. The van der Waals surface area contributed by atoms with Crippen molar-refractivity contribution in [2.45, 2.75) is 101 Å². The minimum Gasteiger partial charge on any atom is -0.490 e. The number of hydrogen-bond acceptors (Lipinski definition) is 6. The van der Waals surface area contributed by atoms with Crippen LogP contribution in [0.4, 0.5) is 0 Å². The second-order valence-electron chi connectivity index (χ2n) is 11.2. The molecule has 2 saturated carbocycles. The fourth-order valence-electron chi connectivity index (χ4n) is 5.16. The molecule has 0 aliphatic heterocycles. The highest BCUT2D eigenvalue weighted by molar-refractivity contribution is 7.99. The highest BCUT2D eigenvalue weighted by Gasteiger charge is 2.47. The van der Waals surface area contributed by atoms with Crippen LogP contribution in [0.2, 0.25) is 0 Å². The smallest absolute Gasteiger partial charge is 0.305 e. The average molecular weight is 574 g/mol. The monoisotopic (exact) mass is 573 g/mol. The second kappa shape index (κ2) is 14.4. The molecule has 0 amide bonds. The number of nitrogens with zero attached hydrogens (tertiary/aromatic N) is 1. The number of para-hydroxylation sites is 1. The summed E-state index contributed by atoms with van der Waals surface area (Å²) in [6.07, 6.45) is 13.9. The quantitative estimate of drug-likeness (QED) is 0.0915. The second-order valence-corrected chi connectivity index (χ2v) is 12.3. The third kappa shape index (κ3) is 8.14. The van der Waals surface area contributed by atoms with Crippen molar-refractivity contribution in [1.82, 2.24) is 4.98 Å². The van der Waals surface area contributed by atoms with Crippen molar-refractivity contribution in [2.75, 3.05) is 12.4 Å². The van der Waals surface area contributed by atoms with Crippen molar-refractivity contribution in [1.29, 1.82) is 0 Å². The van der Waals surface area contributed by atoms with E-state index >= 15 is 0 Å². The van der Waals surface area contributed by atoms with Gasteiger partial charge < -0.3 is 14.2 Å². The Morgan fingerprint density at radius 2 is 1.85 bits per heavy atom. The number of carbonyl (C=O) groups is 1. The minimum atomic E-state index is -0.318. The standard InChI is InChI=1S/C35H43NO4S/c1-3-5-8-21-38-34(37)12-9-22-41-29-16-13-26(4-2)27(23-29)25-39-35(18-19-35)32-24-36-20-17-30(32)31-10-6-7-11-33(31)40-28-14-15-28/h6-7,10-11,13,16-17,20,23-24,28H,3-5,8-9,12,14-15,18-19,21-22,25H2,1-2H3. The molecule has 3 aromatic rings. The van der Waals surface area contributed by atoms with E-state index in [4.69, 9.17) is 14.2 Å². The van der Waals surface area contributed by atoms with Crippen LogP contribution < -0.4 is 4.74 Å². The Balaban J connectivity index is 1.21. The van der Waals surface area contributed by atoms with Crippen LogP contribution in [0.3, 0.4) is 0 Å². The summed E-state index contributed by atoms with van der Waals surface area (Å²) < 4.78 is 18.4. The van der Waals surface area contributed by atoms with E-state index in [-0.39, 0.29) is 11.6 Å². The van der Waals surface area contributed by atoms with Crippen LogP contribution in [0.15, 0.2) is 65.8 Å². The lowest BCUT2D eigenvalue weighted by atomic mass is 9.96. The molecule has 0 saturated heterocycles. The molecule has 2 fully saturated rings. The normalized spacial score (nSPS) is 15.5. The van der Waals surface area contributed by atoms with Crippen molar-refractivity contribution in [3.63, 3.8) is 0 Å². The maximum atomic E-state index is 12.0. The topological polar surface area (TPSA) is 57.7 Å². The molecule has 1 heterocycles. The molecule has 2 aliphatic carbocycles. The lowest BCUT2D eigenvalue weighted by Gasteiger charge is -2.22. The lowest BCUT2D eigenvalue weighted by molar-refractivity contribution is -0.143. The zero-order valence-electron chi connectivity index (χ0n) is 24.5. The summed E-state index contributed by atoms with van der Waals surface area (Å²) in [6, 6.07) is 17.1. The first-order chi connectivity index (χ1) is 20.1. The van der Waals surface area contributed by atoms with Crippen molar-refractivity contribution < 1.29 is 19.0 Å². The average Bonchev–Trinajstić information content (AvgIpc) is 3.94. The van der Waals surface area contributed by atoms with E-state index < -0.39 is 0 Å². The Morgan fingerprint density at radius 1 is 1.00 bits per heavy atom. The van der Waals surface area contributed by atoms with Crippen molar-refractivity contribution in [3.8, 4) is 16.9 Å². The Morgan fingerprint density at radius 3 is 2.63 bits per heavy atom. The molecule has 0 radical (unpaired) electrons. The van der Waals surface area contributed by atoms with Gasteiger partial charge in [0.05, 0.1) is 24.9 Å². The number of pyridine rings is 1. The predicted octanol–water partition coefficient (Wildman–Crippen LogP) is 8.66. The molecule has 2 aromatic carbocycles. The van der Waals surface area contributed by atoms with Gasteiger partial charge in [-0.05, 0) is 91.7 Å². The molecule has 218 valence electrons. The Labute approximate surface area is 249 Å². The van der Waals surface area contributed by atoms with Crippen LogP contribution in [-0.4, -0.2) is 29.4 Å². The number of carbonyl (C=O) groups excluding carboxylic acids is 1. The molecular weight excluding hydrogens is 530 g/mol. The van der Waals surface area contributed by atoms with E-state index in [1.165, 1.54) is 16.0 Å². The lowest BCUT2D eigenvalue weighted by Crippen LogP contribution is -2.15. The first-order valence-electron chi connectivity index (χ1n) is 15.4. The van der Waals surface area contributed by atoms with Gasteiger partial charge in [0.25, 0.3) is 0 Å². The molecule has 5 rings (SSSR count). The number of benzene rings is 2. The highest BCUT2D eigenvalue weighted by Crippen LogP contribution is 2.53. The van der Waals surface area contributed by atoms with Crippen LogP contribution in [0, 0.1) is 0 Å². The predicted molar refractivity (Wildman–Crippen MR) is 165 cm³/mol. The van der Waals surface area contributed by atoms with E-state index in [9.17, 15) is 4.79 Å². The van der Waals surface area contributed by atoms with Crippen LogP contribution in [0.25, 0.3) is 11.1 Å². The Bertz CT molecular complexity index is 1300. The molecule has 1 aromatic heterocycles. The largest absolute Gasteiger partial charge is 0.490 e. The molecular formula is C35H43NO4S. The molecule has 0 N–H and O–H groups in total. The molecule has 0 atom stereocenters.